The minimum atomic E-state index is -0.553. The lowest BCUT2D eigenvalue weighted by Crippen LogP contribution is -2.49. The van der Waals surface area contributed by atoms with Crippen molar-refractivity contribution in [3.8, 4) is 5.13 Å². The third-order valence-corrected chi connectivity index (χ3v) is 5.26. The van der Waals surface area contributed by atoms with Gasteiger partial charge < -0.3 is 15.2 Å². The van der Waals surface area contributed by atoms with Crippen molar-refractivity contribution in [3.05, 3.63) is 48.3 Å². The Labute approximate surface area is 169 Å². The average Bonchev–Trinajstić information content (AvgIpc) is 3.28. The molecule has 0 aliphatic rings. The van der Waals surface area contributed by atoms with Gasteiger partial charge in [-0.05, 0) is 56.5 Å². The van der Waals surface area contributed by atoms with Gasteiger partial charge in [0.2, 0.25) is 5.91 Å². The molecule has 0 fully saturated rings. The van der Waals surface area contributed by atoms with Gasteiger partial charge in [-0.3, -0.25) is 9.59 Å². The molecular formula is C21H26N4O2S. The molecule has 0 saturated carbocycles. The molecule has 0 aliphatic heterocycles. The number of carbonyl (C=O) groups excluding carboxylic acids is 2. The first-order valence-corrected chi connectivity index (χ1v) is 10.3. The first-order chi connectivity index (χ1) is 13.3. The summed E-state index contributed by atoms with van der Waals surface area (Å²) < 4.78 is 2.88. The molecule has 28 heavy (non-hydrogen) atoms. The van der Waals surface area contributed by atoms with E-state index >= 15 is 0 Å². The summed E-state index contributed by atoms with van der Waals surface area (Å²) in [5.41, 5.74) is 1.38. The predicted octanol–water partition coefficient (Wildman–Crippen LogP) is 3.76. The van der Waals surface area contributed by atoms with Crippen LogP contribution in [0.2, 0.25) is 0 Å². The quantitative estimate of drug-likeness (QED) is 0.636. The zero-order valence-electron chi connectivity index (χ0n) is 16.6. The Morgan fingerprint density at radius 1 is 1.11 bits per heavy atom. The zero-order valence-corrected chi connectivity index (χ0v) is 17.4. The lowest BCUT2D eigenvalue weighted by molar-refractivity contribution is -0.123. The molecule has 1 aromatic carbocycles. The highest BCUT2D eigenvalue weighted by atomic mass is 32.1. The van der Waals surface area contributed by atoms with Crippen LogP contribution in [-0.4, -0.2) is 33.4 Å². The summed E-state index contributed by atoms with van der Waals surface area (Å²) in [5, 5.41) is 6.64. The summed E-state index contributed by atoms with van der Waals surface area (Å²) in [6.45, 7) is 7.89. The third-order valence-electron chi connectivity index (χ3n) is 4.22. The van der Waals surface area contributed by atoms with E-state index in [0.717, 1.165) is 15.3 Å². The number of fused-ring (bicyclic) bond motifs is 1. The molecule has 3 rings (SSSR count). The second-order valence-electron chi connectivity index (χ2n) is 7.59. The zero-order chi connectivity index (χ0) is 20.3. The molecule has 0 aliphatic carbocycles. The molecule has 2 heterocycles. The number of aromatic nitrogens is 2. The van der Waals surface area contributed by atoms with Gasteiger partial charge in [0.1, 0.15) is 6.04 Å². The second kappa shape index (κ2) is 8.56. The molecule has 0 saturated heterocycles. The van der Waals surface area contributed by atoms with Gasteiger partial charge in [0, 0.05) is 24.0 Å². The van der Waals surface area contributed by atoms with Crippen LogP contribution in [-0.2, 0) is 4.79 Å². The van der Waals surface area contributed by atoms with Gasteiger partial charge in [-0.2, -0.15) is 0 Å². The summed E-state index contributed by atoms with van der Waals surface area (Å²) in [6.07, 6.45) is 4.47. The van der Waals surface area contributed by atoms with Gasteiger partial charge in [0.05, 0.1) is 10.2 Å². The van der Waals surface area contributed by atoms with Crippen molar-refractivity contribution in [3.63, 3.8) is 0 Å². The predicted molar refractivity (Wildman–Crippen MR) is 113 cm³/mol. The molecule has 3 aromatic rings. The molecule has 6 nitrogen and oxygen atoms in total. The number of rotatable bonds is 7. The van der Waals surface area contributed by atoms with Crippen molar-refractivity contribution in [1.29, 1.82) is 0 Å². The second-order valence-corrected chi connectivity index (χ2v) is 8.60. The van der Waals surface area contributed by atoms with E-state index in [-0.39, 0.29) is 23.8 Å². The number of amides is 2. The Balaban J connectivity index is 1.79. The molecule has 148 valence electrons. The van der Waals surface area contributed by atoms with Crippen LogP contribution in [0.25, 0.3) is 15.3 Å². The topological polar surface area (TPSA) is 76.0 Å². The molecule has 0 bridgehead atoms. The fourth-order valence-electron chi connectivity index (χ4n) is 2.96. The fourth-order valence-corrected chi connectivity index (χ4v) is 3.93. The average molecular weight is 399 g/mol. The smallest absolute Gasteiger partial charge is 0.251 e. The van der Waals surface area contributed by atoms with E-state index in [4.69, 9.17) is 0 Å². The fraction of sp³-hybridized carbons (Fsp3) is 0.381. The first kappa shape index (κ1) is 20.1. The van der Waals surface area contributed by atoms with Crippen LogP contribution in [0.15, 0.2) is 42.7 Å². The minimum Gasteiger partial charge on any atom is -0.352 e. The van der Waals surface area contributed by atoms with Crippen LogP contribution >= 0.6 is 11.3 Å². The summed E-state index contributed by atoms with van der Waals surface area (Å²) in [7, 11) is 0. The number of hydrogen-bond acceptors (Lipinski definition) is 4. The molecule has 2 amide bonds. The van der Waals surface area contributed by atoms with Crippen LogP contribution in [0.5, 0.6) is 0 Å². The highest BCUT2D eigenvalue weighted by molar-refractivity contribution is 7.20. The van der Waals surface area contributed by atoms with Crippen molar-refractivity contribution >= 4 is 33.4 Å². The number of nitrogens with one attached hydrogen (secondary N) is 2. The van der Waals surface area contributed by atoms with Gasteiger partial charge >= 0.3 is 0 Å². The Bertz CT molecular complexity index is 960. The Kier molecular flexibility index (Phi) is 6.14. The lowest BCUT2D eigenvalue weighted by Gasteiger charge is -2.21. The highest BCUT2D eigenvalue weighted by Crippen LogP contribution is 2.26. The molecule has 2 aromatic heterocycles. The molecule has 0 spiro atoms. The van der Waals surface area contributed by atoms with Crippen molar-refractivity contribution < 1.29 is 9.59 Å². The largest absolute Gasteiger partial charge is 0.352 e. The Morgan fingerprint density at radius 3 is 2.46 bits per heavy atom. The van der Waals surface area contributed by atoms with Crippen LogP contribution < -0.4 is 10.6 Å². The van der Waals surface area contributed by atoms with Gasteiger partial charge in [-0.15, -0.1) is 0 Å². The molecule has 1 atom stereocenters. The SMILES string of the molecule is CC(C)C[C@@H](NC(=O)c1ccc2nc(-n3cccc3)sc2c1)C(=O)NC(C)C. The molecule has 2 N–H and O–H groups in total. The third kappa shape index (κ3) is 4.78. The van der Waals surface area contributed by atoms with Gasteiger partial charge in [-0.25, -0.2) is 4.98 Å². The van der Waals surface area contributed by atoms with Gasteiger partial charge in [0.25, 0.3) is 5.91 Å². The number of thiazole rings is 1. The monoisotopic (exact) mass is 398 g/mol. The summed E-state index contributed by atoms with van der Waals surface area (Å²) in [5.74, 6) is -0.107. The minimum absolute atomic E-state index is 0.0275. The number of carbonyl (C=O) groups is 2. The van der Waals surface area contributed by atoms with E-state index in [1.54, 1.807) is 6.07 Å². The van der Waals surface area contributed by atoms with Gasteiger partial charge in [0.15, 0.2) is 5.13 Å². The van der Waals surface area contributed by atoms with Crippen LogP contribution in [0.4, 0.5) is 0 Å². The summed E-state index contributed by atoms with van der Waals surface area (Å²) in [4.78, 5) is 29.9. The van der Waals surface area contributed by atoms with E-state index in [2.05, 4.69) is 15.6 Å². The van der Waals surface area contributed by atoms with E-state index in [1.807, 2.05) is 68.9 Å². The van der Waals surface area contributed by atoms with E-state index in [9.17, 15) is 9.59 Å². The number of benzene rings is 1. The highest BCUT2D eigenvalue weighted by Gasteiger charge is 2.23. The van der Waals surface area contributed by atoms with Crippen molar-refractivity contribution in [2.45, 2.75) is 46.2 Å². The van der Waals surface area contributed by atoms with Crippen LogP contribution in [0.3, 0.4) is 0 Å². The Hall–Kier alpha value is -2.67. The molecular weight excluding hydrogens is 372 g/mol. The van der Waals surface area contributed by atoms with Crippen molar-refractivity contribution in [1.82, 2.24) is 20.2 Å². The standard InChI is InChI=1S/C21H26N4O2S/c1-13(2)11-17(20(27)22-14(3)4)23-19(26)15-7-8-16-18(12-15)28-21(24-16)25-9-5-6-10-25/h5-10,12-14,17H,11H2,1-4H3,(H,22,27)(H,23,26)/t17-/m1/s1. The van der Waals surface area contributed by atoms with Crippen molar-refractivity contribution in [2.24, 2.45) is 5.92 Å². The summed E-state index contributed by atoms with van der Waals surface area (Å²) in [6, 6.07) is 8.80. The molecule has 0 unspecified atom stereocenters. The van der Waals surface area contributed by atoms with Crippen molar-refractivity contribution in [2.75, 3.05) is 0 Å². The summed E-state index contributed by atoms with van der Waals surface area (Å²) >= 11 is 1.52. The number of hydrogen-bond donors (Lipinski definition) is 2. The first-order valence-electron chi connectivity index (χ1n) is 9.48. The van der Waals surface area contributed by atoms with Crippen LogP contribution in [0.1, 0.15) is 44.5 Å². The lowest BCUT2D eigenvalue weighted by atomic mass is 10.0. The molecule has 7 heteroatoms. The van der Waals surface area contributed by atoms with Crippen LogP contribution in [0, 0.1) is 5.92 Å². The molecule has 0 radical (unpaired) electrons. The maximum Gasteiger partial charge on any atom is 0.251 e. The van der Waals surface area contributed by atoms with E-state index in [0.29, 0.717) is 12.0 Å². The maximum atomic E-state index is 12.8. The van der Waals surface area contributed by atoms with E-state index < -0.39 is 6.04 Å². The van der Waals surface area contributed by atoms with Gasteiger partial charge in [-0.1, -0.05) is 25.2 Å². The maximum absolute atomic E-state index is 12.8. The number of nitrogens with zero attached hydrogens (tertiary/aromatic N) is 2. The Morgan fingerprint density at radius 2 is 1.82 bits per heavy atom. The van der Waals surface area contributed by atoms with E-state index in [1.165, 1.54) is 11.3 Å². The normalized spacial score (nSPS) is 12.5.